The summed E-state index contributed by atoms with van der Waals surface area (Å²) in [5.74, 6) is 0.340. The van der Waals surface area contributed by atoms with Crippen molar-refractivity contribution in [2.24, 2.45) is 0 Å². The van der Waals surface area contributed by atoms with Crippen LogP contribution in [0.15, 0.2) is 12.4 Å². The molecule has 2 fully saturated rings. The highest BCUT2D eigenvalue weighted by Gasteiger charge is 2.52. The molecule has 188 valence electrons. The van der Waals surface area contributed by atoms with Gasteiger partial charge in [-0.2, -0.15) is 0 Å². The van der Waals surface area contributed by atoms with E-state index in [-0.39, 0.29) is 11.9 Å². The van der Waals surface area contributed by atoms with Gasteiger partial charge in [0.25, 0.3) is 0 Å². The molecule has 0 aliphatic carbocycles. The van der Waals surface area contributed by atoms with Gasteiger partial charge in [0.1, 0.15) is 11.6 Å². The van der Waals surface area contributed by atoms with Crippen LogP contribution < -0.4 is 21.0 Å². The van der Waals surface area contributed by atoms with E-state index in [0.717, 1.165) is 24.8 Å². The first-order valence-corrected chi connectivity index (χ1v) is 11.9. The Labute approximate surface area is 202 Å². The molecule has 2 aliphatic heterocycles. The maximum atomic E-state index is 12.5. The Kier molecular flexibility index (Phi) is 7.47. The quantitative estimate of drug-likeness (QED) is 0.599. The lowest BCUT2D eigenvalue weighted by Crippen LogP contribution is -2.49. The van der Waals surface area contributed by atoms with Crippen LogP contribution in [0.5, 0.6) is 0 Å². The zero-order chi connectivity index (χ0) is 25.3. The van der Waals surface area contributed by atoms with Crippen LogP contribution in [0, 0.1) is 0 Å². The van der Waals surface area contributed by atoms with E-state index in [1.165, 1.54) is 0 Å². The van der Waals surface area contributed by atoms with Crippen molar-refractivity contribution in [2.45, 2.75) is 97.1 Å². The second-order valence-electron chi connectivity index (χ2n) is 11.0. The number of anilines is 1. The summed E-state index contributed by atoms with van der Waals surface area (Å²) in [6.07, 6.45) is 4.76. The van der Waals surface area contributed by atoms with Crippen molar-refractivity contribution in [2.75, 3.05) is 18.0 Å². The summed E-state index contributed by atoms with van der Waals surface area (Å²) in [7, 11) is -0.508. The Balaban J connectivity index is 1.54. The summed E-state index contributed by atoms with van der Waals surface area (Å²) in [6.45, 7) is 16.2. The molecule has 1 aromatic heterocycles. The molecule has 0 spiro atoms. The summed E-state index contributed by atoms with van der Waals surface area (Å²) < 4.78 is 17.4. The average Bonchev–Trinajstić information content (AvgIpc) is 3.26. The van der Waals surface area contributed by atoms with Gasteiger partial charge in [-0.25, -0.2) is 14.8 Å². The SMILES string of the molecule is C[C@@H](NC(=O)OC(C)(C)C)C(=O)NC[C@@H]1CCCN1c1ncc(B2OC(C)(C)C(C)(C)O2)cn1. The molecule has 0 bridgehead atoms. The van der Waals surface area contributed by atoms with Crippen molar-refractivity contribution in [3.8, 4) is 0 Å². The van der Waals surface area contributed by atoms with E-state index in [4.69, 9.17) is 14.0 Å². The first-order chi connectivity index (χ1) is 15.7. The fraction of sp³-hybridized carbons (Fsp3) is 0.739. The average molecular weight is 475 g/mol. The Bertz CT molecular complexity index is 871. The van der Waals surface area contributed by atoms with Crippen molar-refractivity contribution in [1.29, 1.82) is 0 Å². The van der Waals surface area contributed by atoms with E-state index in [1.807, 2.05) is 27.7 Å². The number of rotatable bonds is 6. The zero-order valence-corrected chi connectivity index (χ0v) is 21.6. The van der Waals surface area contributed by atoms with Crippen LogP contribution >= 0.6 is 0 Å². The Hall–Kier alpha value is -2.40. The second kappa shape index (κ2) is 9.69. The number of hydrogen-bond donors (Lipinski definition) is 2. The molecule has 10 nitrogen and oxygen atoms in total. The number of carbonyl (C=O) groups excluding carboxylic acids is 2. The van der Waals surface area contributed by atoms with Crippen LogP contribution in [0.3, 0.4) is 0 Å². The summed E-state index contributed by atoms with van der Waals surface area (Å²) >= 11 is 0. The zero-order valence-electron chi connectivity index (χ0n) is 21.6. The van der Waals surface area contributed by atoms with Gasteiger partial charge < -0.3 is 29.6 Å². The number of aromatic nitrogens is 2. The minimum Gasteiger partial charge on any atom is -0.444 e. The third-order valence-corrected chi connectivity index (χ3v) is 6.46. The van der Waals surface area contributed by atoms with E-state index < -0.39 is 36.1 Å². The minimum absolute atomic E-state index is 0.0698. The van der Waals surface area contributed by atoms with Crippen molar-refractivity contribution >= 4 is 30.5 Å². The molecule has 0 saturated carbocycles. The van der Waals surface area contributed by atoms with Crippen molar-refractivity contribution < 1.29 is 23.6 Å². The van der Waals surface area contributed by atoms with Gasteiger partial charge in [-0.05, 0) is 68.2 Å². The molecule has 34 heavy (non-hydrogen) atoms. The molecule has 3 rings (SSSR count). The molecular formula is C23H38BN5O5. The van der Waals surface area contributed by atoms with Gasteiger partial charge in [-0.3, -0.25) is 4.79 Å². The van der Waals surface area contributed by atoms with E-state index in [9.17, 15) is 9.59 Å². The monoisotopic (exact) mass is 475 g/mol. The summed E-state index contributed by atoms with van der Waals surface area (Å²) in [4.78, 5) is 35.6. The highest BCUT2D eigenvalue weighted by atomic mass is 16.7. The fourth-order valence-electron chi connectivity index (χ4n) is 3.81. The van der Waals surface area contributed by atoms with Crippen LogP contribution in [0.2, 0.25) is 0 Å². The van der Waals surface area contributed by atoms with Gasteiger partial charge in [-0.1, -0.05) is 0 Å². The van der Waals surface area contributed by atoms with Crippen LogP contribution in [0.25, 0.3) is 0 Å². The molecule has 2 amide bonds. The maximum absolute atomic E-state index is 12.5. The summed E-state index contributed by atoms with van der Waals surface area (Å²) in [5, 5.41) is 5.48. The van der Waals surface area contributed by atoms with Crippen LogP contribution in [-0.4, -0.2) is 71.1 Å². The van der Waals surface area contributed by atoms with E-state index >= 15 is 0 Å². The van der Waals surface area contributed by atoms with E-state index in [1.54, 1.807) is 40.1 Å². The first kappa shape index (κ1) is 26.2. The Morgan fingerprint density at radius 1 is 1.21 bits per heavy atom. The molecular weight excluding hydrogens is 437 g/mol. The standard InChI is InChI=1S/C23H38BN5O5/c1-15(28-20(31)32-21(2,3)4)18(30)25-14-17-10-9-11-29(17)19-26-12-16(13-27-19)24-33-22(5,6)23(7,8)34-24/h12-13,15,17H,9-11,14H2,1-8H3,(H,25,30)(H,28,31)/t15-,17+/m1/s1. The largest absolute Gasteiger partial charge is 0.498 e. The lowest BCUT2D eigenvalue weighted by Gasteiger charge is -2.32. The highest BCUT2D eigenvalue weighted by Crippen LogP contribution is 2.36. The predicted octanol–water partition coefficient (Wildman–Crippen LogP) is 1.77. The molecule has 2 aliphatic rings. The smallest absolute Gasteiger partial charge is 0.444 e. The predicted molar refractivity (Wildman–Crippen MR) is 130 cm³/mol. The number of nitrogens with one attached hydrogen (secondary N) is 2. The number of nitrogens with zero attached hydrogens (tertiary/aromatic N) is 3. The van der Waals surface area contributed by atoms with Crippen LogP contribution in [0.4, 0.5) is 10.7 Å². The number of carbonyl (C=O) groups is 2. The molecule has 3 heterocycles. The van der Waals surface area contributed by atoms with Crippen LogP contribution in [-0.2, 0) is 18.8 Å². The van der Waals surface area contributed by atoms with Gasteiger partial charge in [0.15, 0.2) is 0 Å². The molecule has 0 unspecified atom stereocenters. The Morgan fingerprint density at radius 2 is 1.79 bits per heavy atom. The van der Waals surface area contributed by atoms with Crippen molar-refractivity contribution in [3.63, 3.8) is 0 Å². The molecule has 0 aromatic carbocycles. The molecule has 1 aromatic rings. The molecule has 2 atom stereocenters. The lowest BCUT2D eigenvalue weighted by atomic mass is 9.81. The number of ether oxygens (including phenoxy) is 1. The third-order valence-electron chi connectivity index (χ3n) is 6.46. The summed E-state index contributed by atoms with van der Waals surface area (Å²) in [5.41, 5.74) is -0.704. The van der Waals surface area contributed by atoms with Crippen LogP contribution in [0.1, 0.15) is 68.2 Å². The number of alkyl carbamates (subject to hydrolysis) is 1. The lowest BCUT2D eigenvalue weighted by molar-refractivity contribution is -0.122. The third kappa shape index (κ3) is 6.18. The van der Waals surface area contributed by atoms with Gasteiger partial charge in [0, 0.05) is 37.0 Å². The highest BCUT2D eigenvalue weighted by molar-refractivity contribution is 6.61. The molecule has 0 radical (unpaired) electrons. The first-order valence-electron chi connectivity index (χ1n) is 11.9. The Morgan fingerprint density at radius 3 is 2.35 bits per heavy atom. The molecule has 11 heteroatoms. The maximum Gasteiger partial charge on any atom is 0.498 e. The van der Waals surface area contributed by atoms with Gasteiger partial charge in [0.2, 0.25) is 11.9 Å². The van der Waals surface area contributed by atoms with Gasteiger partial charge >= 0.3 is 13.2 Å². The van der Waals surface area contributed by atoms with Crippen molar-refractivity contribution in [3.05, 3.63) is 12.4 Å². The number of amides is 2. The van der Waals surface area contributed by atoms with E-state index in [0.29, 0.717) is 12.5 Å². The molecule has 2 saturated heterocycles. The normalized spacial score (nSPS) is 22.4. The fourth-order valence-corrected chi connectivity index (χ4v) is 3.81. The van der Waals surface area contributed by atoms with Gasteiger partial charge in [0.05, 0.1) is 11.2 Å². The second-order valence-corrected chi connectivity index (χ2v) is 11.0. The minimum atomic E-state index is -0.708. The van der Waals surface area contributed by atoms with E-state index in [2.05, 4.69) is 25.5 Å². The van der Waals surface area contributed by atoms with Crippen molar-refractivity contribution in [1.82, 2.24) is 20.6 Å². The molecule has 2 N–H and O–H groups in total. The number of hydrogen-bond acceptors (Lipinski definition) is 8. The van der Waals surface area contributed by atoms with Gasteiger partial charge in [-0.15, -0.1) is 0 Å². The topological polar surface area (TPSA) is 115 Å². The summed E-state index contributed by atoms with van der Waals surface area (Å²) in [6, 6.07) is -0.638.